The van der Waals surface area contributed by atoms with Gasteiger partial charge in [0, 0.05) is 11.8 Å². The van der Waals surface area contributed by atoms with Gasteiger partial charge < -0.3 is 5.11 Å². The average molecular weight is 454 g/mol. The summed E-state index contributed by atoms with van der Waals surface area (Å²) in [5, 5.41) is 20.3. The standard InChI is InChI=1S/C20H19ClF3N5O2/c1-2-19(31,10-7-14(21)16(25-8-10)20(22,23)24)17-13-9-26-29(12-5-6-12)18(30)15(13)27-28(17)11-3-4-11/h7-9,11-12,31H,2-6H2,1H3. The van der Waals surface area contributed by atoms with Crippen LogP contribution in [0.5, 0.6) is 0 Å². The zero-order valence-electron chi connectivity index (χ0n) is 16.5. The monoisotopic (exact) mass is 453 g/mol. The van der Waals surface area contributed by atoms with E-state index in [0.29, 0.717) is 11.1 Å². The second-order valence-electron chi connectivity index (χ2n) is 8.18. The third-order valence-corrected chi connectivity index (χ3v) is 6.23. The summed E-state index contributed by atoms with van der Waals surface area (Å²) in [6, 6.07) is 1.15. The number of halogens is 4. The van der Waals surface area contributed by atoms with Crippen LogP contribution >= 0.6 is 11.6 Å². The van der Waals surface area contributed by atoms with Crippen LogP contribution < -0.4 is 5.56 Å². The second kappa shape index (κ2) is 6.77. The summed E-state index contributed by atoms with van der Waals surface area (Å²) < 4.78 is 42.3. The molecule has 2 fully saturated rings. The predicted molar refractivity (Wildman–Crippen MR) is 106 cm³/mol. The number of fused-ring (bicyclic) bond motifs is 1. The van der Waals surface area contributed by atoms with E-state index in [4.69, 9.17) is 11.6 Å². The molecular weight excluding hydrogens is 435 g/mol. The van der Waals surface area contributed by atoms with Crippen LogP contribution in [0.4, 0.5) is 13.2 Å². The summed E-state index contributed by atoms with van der Waals surface area (Å²) in [4.78, 5) is 16.4. The first kappa shape index (κ1) is 20.4. The minimum Gasteiger partial charge on any atom is -0.379 e. The molecule has 2 aliphatic carbocycles. The molecule has 5 rings (SSSR count). The number of alkyl halides is 3. The SMILES string of the molecule is CCC(O)(c1cnc(C(F)(F)F)c(Cl)c1)c1c2cnn(C3CC3)c(=O)c2nn1C1CC1. The number of aliphatic hydroxyl groups is 1. The van der Waals surface area contributed by atoms with Crippen LogP contribution in [0.1, 0.15) is 68.1 Å². The first-order valence-corrected chi connectivity index (χ1v) is 10.5. The fraction of sp³-hybridized carbons (Fsp3) is 0.500. The van der Waals surface area contributed by atoms with Crippen LogP contribution in [0, 0.1) is 0 Å². The molecule has 2 aliphatic rings. The van der Waals surface area contributed by atoms with E-state index in [0.717, 1.165) is 37.9 Å². The summed E-state index contributed by atoms with van der Waals surface area (Å²) in [6.45, 7) is 1.69. The molecule has 0 amide bonds. The van der Waals surface area contributed by atoms with Crippen molar-refractivity contribution in [2.24, 2.45) is 0 Å². The molecule has 3 aromatic heterocycles. The van der Waals surface area contributed by atoms with Gasteiger partial charge in [-0.05, 0) is 38.2 Å². The molecule has 0 aliphatic heterocycles. The predicted octanol–water partition coefficient (Wildman–Crippen LogP) is 3.98. The molecule has 0 aromatic carbocycles. The van der Waals surface area contributed by atoms with Crippen LogP contribution in [0.2, 0.25) is 5.02 Å². The Kier molecular flexibility index (Phi) is 4.46. The van der Waals surface area contributed by atoms with Crippen LogP contribution in [-0.4, -0.2) is 29.7 Å². The average Bonchev–Trinajstić information content (AvgIpc) is 3.64. The smallest absolute Gasteiger partial charge is 0.379 e. The Morgan fingerprint density at radius 3 is 2.35 bits per heavy atom. The molecule has 3 aromatic rings. The lowest BCUT2D eigenvalue weighted by molar-refractivity contribution is -0.141. The van der Waals surface area contributed by atoms with E-state index in [1.165, 1.54) is 10.9 Å². The summed E-state index contributed by atoms with van der Waals surface area (Å²) in [6.07, 6.45) is 1.31. The molecule has 0 saturated heterocycles. The van der Waals surface area contributed by atoms with Gasteiger partial charge in [0.05, 0.1) is 34.4 Å². The first-order chi connectivity index (χ1) is 14.6. The van der Waals surface area contributed by atoms with Gasteiger partial charge in [0.2, 0.25) is 0 Å². The molecule has 3 heterocycles. The first-order valence-electron chi connectivity index (χ1n) is 10.1. The van der Waals surface area contributed by atoms with E-state index in [1.54, 1.807) is 11.6 Å². The number of rotatable bonds is 5. The molecule has 11 heteroatoms. The fourth-order valence-corrected chi connectivity index (χ4v) is 4.24. The largest absolute Gasteiger partial charge is 0.434 e. The maximum absolute atomic E-state index is 13.1. The molecule has 1 unspecified atom stereocenters. The van der Waals surface area contributed by atoms with E-state index in [-0.39, 0.29) is 35.1 Å². The van der Waals surface area contributed by atoms with Gasteiger partial charge in [0.15, 0.2) is 11.2 Å². The zero-order chi connectivity index (χ0) is 22.1. The number of nitrogens with zero attached hydrogens (tertiary/aromatic N) is 5. The minimum atomic E-state index is -4.71. The molecule has 0 spiro atoms. The third-order valence-electron chi connectivity index (χ3n) is 5.95. The van der Waals surface area contributed by atoms with E-state index in [1.807, 2.05) is 0 Å². The van der Waals surface area contributed by atoms with Crippen molar-refractivity contribution in [2.45, 2.75) is 62.9 Å². The molecule has 2 saturated carbocycles. The van der Waals surface area contributed by atoms with Crippen LogP contribution in [0.15, 0.2) is 23.3 Å². The van der Waals surface area contributed by atoms with Crippen molar-refractivity contribution in [1.29, 1.82) is 0 Å². The lowest BCUT2D eigenvalue weighted by Crippen LogP contribution is -2.31. The third kappa shape index (κ3) is 3.23. The highest BCUT2D eigenvalue weighted by Gasteiger charge is 2.42. The van der Waals surface area contributed by atoms with Crippen molar-refractivity contribution in [3.63, 3.8) is 0 Å². The number of pyridine rings is 1. The topological polar surface area (TPSA) is 85.8 Å². The van der Waals surface area contributed by atoms with Crippen molar-refractivity contribution >= 4 is 22.5 Å². The highest BCUT2D eigenvalue weighted by Crippen LogP contribution is 2.44. The Labute approximate surface area is 179 Å². The summed E-state index contributed by atoms with van der Waals surface area (Å²) >= 11 is 5.88. The molecule has 1 N–H and O–H groups in total. The number of hydrogen-bond acceptors (Lipinski definition) is 5. The summed E-state index contributed by atoms with van der Waals surface area (Å²) in [5.74, 6) is 0. The van der Waals surface area contributed by atoms with Gasteiger partial charge in [-0.3, -0.25) is 9.48 Å². The summed E-state index contributed by atoms with van der Waals surface area (Å²) in [7, 11) is 0. The molecule has 0 bridgehead atoms. The fourth-order valence-electron chi connectivity index (χ4n) is 3.96. The Morgan fingerprint density at radius 1 is 1.16 bits per heavy atom. The van der Waals surface area contributed by atoms with E-state index in [2.05, 4.69) is 15.2 Å². The Morgan fingerprint density at radius 2 is 1.81 bits per heavy atom. The molecule has 31 heavy (non-hydrogen) atoms. The van der Waals surface area contributed by atoms with Crippen molar-refractivity contribution in [2.75, 3.05) is 0 Å². The maximum atomic E-state index is 13.1. The van der Waals surface area contributed by atoms with Gasteiger partial charge in [0.25, 0.3) is 5.56 Å². The number of aromatic nitrogens is 5. The van der Waals surface area contributed by atoms with Crippen molar-refractivity contribution in [3.05, 3.63) is 50.8 Å². The second-order valence-corrected chi connectivity index (χ2v) is 8.59. The van der Waals surface area contributed by atoms with Gasteiger partial charge in [-0.1, -0.05) is 18.5 Å². The Balaban J connectivity index is 1.72. The lowest BCUT2D eigenvalue weighted by Gasteiger charge is -2.29. The van der Waals surface area contributed by atoms with Gasteiger partial charge >= 0.3 is 6.18 Å². The van der Waals surface area contributed by atoms with Crippen LogP contribution in [-0.2, 0) is 11.8 Å². The van der Waals surface area contributed by atoms with Gasteiger partial charge in [0.1, 0.15) is 5.60 Å². The van der Waals surface area contributed by atoms with Gasteiger partial charge in [-0.15, -0.1) is 0 Å². The Hall–Kier alpha value is -2.46. The highest BCUT2D eigenvalue weighted by molar-refractivity contribution is 6.31. The minimum absolute atomic E-state index is 0.00660. The molecule has 7 nitrogen and oxygen atoms in total. The maximum Gasteiger partial charge on any atom is 0.434 e. The highest BCUT2D eigenvalue weighted by atomic mass is 35.5. The van der Waals surface area contributed by atoms with Crippen molar-refractivity contribution in [1.82, 2.24) is 24.5 Å². The van der Waals surface area contributed by atoms with Gasteiger partial charge in [-0.25, -0.2) is 9.67 Å². The Bertz CT molecular complexity index is 1250. The van der Waals surface area contributed by atoms with E-state index < -0.39 is 22.5 Å². The quantitative estimate of drug-likeness (QED) is 0.631. The number of hydrogen-bond donors (Lipinski definition) is 1. The van der Waals surface area contributed by atoms with Crippen molar-refractivity contribution < 1.29 is 18.3 Å². The molecular formula is C20H19ClF3N5O2. The normalized spacial score (nSPS) is 19.0. The molecule has 0 radical (unpaired) electrons. The van der Waals surface area contributed by atoms with E-state index in [9.17, 15) is 23.1 Å². The van der Waals surface area contributed by atoms with Gasteiger partial charge in [-0.2, -0.15) is 23.4 Å². The molecule has 1 atom stereocenters. The van der Waals surface area contributed by atoms with Crippen LogP contribution in [0.25, 0.3) is 10.9 Å². The van der Waals surface area contributed by atoms with Crippen LogP contribution in [0.3, 0.4) is 0 Å². The lowest BCUT2D eigenvalue weighted by atomic mass is 9.87. The van der Waals surface area contributed by atoms with Crippen molar-refractivity contribution in [3.8, 4) is 0 Å². The van der Waals surface area contributed by atoms with E-state index >= 15 is 0 Å². The zero-order valence-corrected chi connectivity index (χ0v) is 17.3. The summed E-state index contributed by atoms with van der Waals surface area (Å²) in [5.41, 5.74) is -2.67. The molecule has 164 valence electrons.